The number of halogens is 1. The van der Waals surface area contributed by atoms with Crippen molar-refractivity contribution in [2.75, 3.05) is 0 Å². The van der Waals surface area contributed by atoms with E-state index in [1.54, 1.807) is 32.0 Å². The van der Waals surface area contributed by atoms with Crippen LogP contribution in [0.1, 0.15) is 35.6 Å². The van der Waals surface area contributed by atoms with Gasteiger partial charge in [-0.05, 0) is 63.4 Å². The van der Waals surface area contributed by atoms with Crippen LogP contribution >= 0.6 is 0 Å². The maximum Gasteiger partial charge on any atom is 0.339 e. The highest BCUT2D eigenvalue weighted by Crippen LogP contribution is 2.34. The summed E-state index contributed by atoms with van der Waals surface area (Å²) < 4.78 is 50.0. The minimum Gasteiger partial charge on any atom is -0.377 e. The van der Waals surface area contributed by atoms with Gasteiger partial charge in [-0.15, -0.1) is 0 Å². The average molecular weight is 526 g/mol. The number of fused-ring (bicyclic) bond motifs is 1. The number of hydrogen-bond donors (Lipinski definition) is 0. The van der Waals surface area contributed by atoms with E-state index in [-0.39, 0.29) is 27.2 Å². The van der Waals surface area contributed by atoms with Gasteiger partial charge in [-0.3, -0.25) is 18.7 Å². The Hall–Kier alpha value is -3.99. The molecule has 0 aliphatic heterocycles. The van der Waals surface area contributed by atoms with Crippen molar-refractivity contribution < 1.29 is 17.0 Å². The van der Waals surface area contributed by atoms with Crippen LogP contribution in [0.4, 0.5) is 4.39 Å². The molecule has 0 unspecified atom stereocenters. The van der Waals surface area contributed by atoms with E-state index in [1.165, 1.54) is 38.2 Å². The number of aryl methyl sites for hydroxylation is 3. The second-order valence-corrected chi connectivity index (χ2v) is 10.9. The Kier molecular flexibility index (Phi) is 5.70. The zero-order chi connectivity index (χ0) is 26.8. The van der Waals surface area contributed by atoms with Gasteiger partial charge in [0.1, 0.15) is 21.7 Å². The molecule has 0 N–H and O–H groups in total. The molecule has 1 aliphatic carbocycles. The summed E-state index contributed by atoms with van der Waals surface area (Å²) >= 11 is 0. The molecule has 1 saturated carbocycles. The van der Waals surface area contributed by atoms with Gasteiger partial charge in [0.15, 0.2) is 5.75 Å². The molecule has 0 saturated heterocycles. The van der Waals surface area contributed by atoms with E-state index in [2.05, 4.69) is 0 Å². The summed E-state index contributed by atoms with van der Waals surface area (Å²) in [6.07, 6.45) is 1.11. The van der Waals surface area contributed by atoms with Crippen LogP contribution in [0.3, 0.4) is 0 Å². The van der Waals surface area contributed by atoms with Crippen molar-refractivity contribution >= 4 is 21.2 Å². The predicted molar refractivity (Wildman–Crippen MR) is 136 cm³/mol. The van der Waals surface area contributed by atoms with Crippen molar-refractivity contribution in [3.8, 4) is 11.4 Å². The Morgan fingerprint density at radius 1 is 0.919 bits per heavy atom. The first-order chi connectivity index (χ1) is 17.4. The molecule has 0 spiro atoms. The molecule has 0 atom stereocenters. The third-order valence-corrected chi connectivity index (χ3v) is 7.77. The largest absolute Gasteiger partial charge is 0.377 e. The molecule has 9 nitrogen and oxygen atoms in total. The number of nitrogens with zero attached hydrogens (tertiary/aromatic N) is 3. The van der Waals surface area contributed by atoms with Crippen molar-refractivity contribution in [3.05, 3.63) is 96.2 Å². The summed E-state index contributed by atoms with van der Waals surface area (Å²) in [5.74, 6) is -1.23. The first-order valence-electron chi connectivity index (χ1n) is 11.6. The second-order valence-electron chi connectivity index (χ2n) is 9.35. The summed E-state index contributed by atoms with van der Waals surface area (Å²) in [5, 5.41) is -0.304. The van der Waals surface area contributed by atoms with Gasteiger partial charge < -0.3 is 4.18 Å². The van der Waals surface area contributed by atoms with Crippen LogP contribution in [0.15, 0.2) is 61.7 Å². The Morgan fingerprint density at radius 2 is 1.54 bits per heavy atom. The van der Waals surface area contributed by atoms with Crippen molar-refractivity contribution in [3.63, 3.8) is 0 Å². The Labute approximate surface area is 211 Å². The normalized spacial score (nSPS) is 13.8. The Balaban J connectivity index is 1.92. The molecule has 1 aliphatic rings. The molecule has 11 heteroatoms. The molecule has 2 aromatic carbocycles. The maximum atomic E-state index is 15.2. The number of pyridine rings is 1. The molecule has 5 rings (SSSR count). The van der Waals surface area contributed by atoms with Gasteiger partial charge in [0, 0.05) is 13.1 Å². The zero-order valence-corrected chi connectivity index (χ0v) is 21.4. The average Bonchev–Trinajstić information content (AvgIpc) is 3.66. The van der Waals surface area contributed by atoms with E-state index in [9.17, 15) is 22.8 Å². The van der Waals surface area contributed by atoms with Crippen LogP contribution in [0, 0.1) is 26.6 Å². The highest BCUT2D eigenvalue weighted by atomic mass is 32.2. The van der Waals surface area contributed by atoms with Gasteiger partial charge in [0.2, 0.25) is 0 Å². The molecule has 2 aromatic heterocycles. The lowest BCUT2D eigenvalue weighted by molar-refractivity contribution is 0.484. The van der Waals surface area contributed by atoms with E-state index in [0.717, 1.165) is 19.3 Å². The molecule has 37 heavy (non-hydrogen) atoms. The zero-order valence-electron chi connectivity index (χ0n) is 20.6. The molecule has 0 radical (unpaired) electrons. The first kappa shape index (κ1) is 24.7. The second kappa shape index (κ2) is 8.55. The number of aromatic nitrogens is 3. The molecular weight excluding hydrogens is 501 g/mol. The summed E-state index contributed by atoms with van der Waals surface area (Å²) in [5.41, 5.74) is -1.49. The summed E-state index contributed by atoms with van der Waals surface area (Å²) in [4.78, 5) is 40.4. The number of hydrogen-bond acceptors (Lipinski definition) is 6. The standard InChI is InChI=1S/C26H24FN3O6S/c1-14-5-10-18(11-6-14)37(34,35)36-22-16(3)24(31)28(4)23-21(22)25(32)29(17-8-9-17)26(33)30(23)20-12-7-15(2)13-19(20)27/h5-7,10-13,17H,8-9H2,1-4H3. The highest BCUT2D eigenvalue weighted by Gasteiger charge is 2.33. The summed E-state index contributed by atoms with van der Waals surface area (Å²) in [7, 11) is -3.13. The van der Waals surface area contributed by atoms with Crippen LogP contribution < -0.4 is 21.0 Å². The van der Waals surface area contributed by atoms with Crippen molar-refractivity contribution in [1.82, 2.24) is 13.7 Å². The van der Waals surface area contributed by atoms with Crippen molar-refractivity contribution in [2.45, 2.75) is 44.6 Å². The quantitative estimate of drug-likeness (QED) is 0.371. The number of benzene rings is 2. The van der Waals surface area contributed by atoms with Crippen LogP contribution in [0.25, 0.3) is 16.7 Å². The highest BCUT2D eigenvalue weighted by molar-refractivity contribution is 7.87. The van der Waals surface area contributed by atoms with Gasteiger partial charge in [0.25, 0.3) is 11.1 Å². The van der Waals surface area contributed by atoms with Crippen LogP contribution in [-0.4, -0.2) is 22.1 Å². The van der Waals surface area contributed by atoms with E-state index >= 15 is 4.39 Å². The molecular formula is C26H24FN3O6S. The topological polar surface area (TPSA) is 109 Å². The lowest BCUT2D eigenvalue weighted by Gasteiger charge is -2.20. The summed E-state index contributed by atoms with van der Waals surface area (Å²) in [6, 6.07) is 9.64. The monoisotopic (exact) mass is 525 g/mol. The van der Waals surface area contributed by atoms with E-state index in [1.807, 2.05) is 0 Å². The van der Waals surface area contributed by atoms with Crippen LogP contribution in [0.5, 0.6) is 5.75 Å². The van der Waals surface area contributed by atoms with E-state index < -0.39 is 44.5 Å². The third-order valence-electron chi connectivity index (χ3n) is 6.54. The Morgan fingerprint density at radius 3 is 2.14 bits per heavy atom. The van der Waals surface area contributed by atoms with Gasteiger partial charge in [-0.1, -0.05) is 23.8 Å². The predicted octanol–water partition coefficient (Wildman–Crippen LogP) is 3.02. The fraction of sp³-hybridized carbons (Fsp3) is 0.269. The first-order valence-corrected chi connectivity index (χ1v) is 13.0. The SMILES string of the molecule is Cc1ccc(S(=O)(=O)Oc2c(C)c(=O)n(C)c3c2c(=O)n(C2CC2)c(=O)n3-c2ccc(C)cc2F)cc1. The molecule has 4 aromatic rings. The molecule has 1 fully saturated rings. The van der Waals surface area contributed by atoms with Crippen LogP contribution in [-0.2, 0) is 17.2 Å². The fourth-order valence-corrected chi connectivity index (χ4v) is 5.39. The minimum atomic E-state index is -4.47. The molecule has 192 valence electrons. The third kappa shape index (κ3) is 3.99. The fourth-order valence-electron chi connectivity index (χ4n) is 4.39. The van der Waals surface area contributed by atoms with Gasteiger partial charge >= 0.3 is 15.8 Å². The smallest absolute Gasteiger partial charge is 0.339 e. The summed E-state index contributed by atoms with van der Waals surface area (Å²) in [6.45, 7) is 4.81. The number of rotatable bonds is 5. The van der Waals surface area contributed by atoms with Gasteiger partial charge in [0.05, 0.1) is 11.3 Å². The maximum absolute atomic E-state index is 15.2. The lowest BCUT2D eigenvalue weighted by atomic mass is 10.2. The lowest BCUT2D eigenvalue weighted by Crippen LogP contribution is -2.42. The van der Waals surface area contributed by atoms with Crippen molar-refractivity contribution in [2.24, 2.45) is 7.05 Å². The van der Waals surface area contributed by atoms with Crippen molar-refractivity contribution in [1.29, 1.82) is 0 Å². The van der Waals surface area contributed by atoms with E-state index in [4.69, 9.17) is 4.18 Å². The van der Waals surface area contributed by atoms with Gasteiger partial charge in [-0.2, -0.15) is 8.42 Å². The Bertz CT molecular complexity index is 1880. The van der Waals surface area contributed by atoms with Gasteiger partial charge in [-0.25, -0.2) is 13.8 Å². The molecule has 2 heterocycles. The minimum absolute atomic E-state index is 0.139. The van der Waals surface area contributed by atoms with Crippen LogP contribution in [0.2, 0.25) is 0 Å². The molecule has 0 amide bonds. The van der Waals surface area contributed by atoms with E-state index in [0.29, 0.717) is 18.4 Å². The molecule has 0 bridgehead atoms.